The van der Waals surface area contributed by atoms with Crippen LogP contribution in [-0.4, -0.2) is 22.8 Å². The molecule has 1 rings (SSSR count). The molecular formula is C16H25NO3. The zero-order valence-corrected chi connectivity index (χ0v) is 12.3. The summed E-state index contributed by atoms with van der Waals surface area (Å²) >= 11 is 0. The second kappa shape index (κ2) is 8.51. The molecule has 0 spiro atoms. The molecule has 0 radical (unpaired) electrons. The molecule has 1 aromatic carbocycles. The van der Waals surface area contributed by atoms with Gasteiger partial charge in [0.05, 0.1) is 0 Å². The summed E-state index contributed by atoms with van der Waals surface area (Å²) in [6.45, 7) is 3.98. The van der Waals surface area contributed by atoms with E-state index in [0.717, 1.165) is 18.4 Å². The highest BCUT2D eigenvalue weighted by atomic mass is 16.4. The quantitative estimate of drug-likeness (QED) is 0.668. The number of carboxylic acids is 1. The molecule has 0 aliphatic carbocycles. The van der Waals surface area contributed by atoms with Crippen molar-refractivity contribution in [1.82, 2.24) is 6.15 Å². The molecule has 0 bridgehead atoms. The summed E-state index contributed by atoms with van der Waals surface area (Å²) in [5.41, 5.74) is 1.14. The average molecular weight is 279 g/mol. The number of rotatable bonds is 7. The molecule has 1 aromatic rings. The number of aliphatic carboxylic acids is 1. The Bertz CT molecular complexity index is 436. The average Bonchev–Trinajstić information content (AvgIpc) is 2.44. The van der Waals surface area contributed by atoms with Gasteiger partial charge in [-0.05, 0) is 18.4 Å². The third kappa shape index (κ3) is 4.18. The van der Waals surface area contributed by atoms with E-state index < -0.39 is 5.97 Å². The maximum absolute atomic E-state index is 11.3. The van der Waals surface area contributed by atoms with Crippen LogP contribution in [0.5, 0.6) is 0 Å². The van der Waals surface area contributed by atoms with Crippen LogP contribution in [0, 0.1) is 0 Å². The van der Waals surface area contributed by atoms with Crippen LogP contribution in [-0.2, 0) is 10.2 Å². The first-order chi connectivity index (χ1) is 9.09. The summed E-state index contributed by atoms with van der Waals surface area (Å²) in [5, 5.41) is 18.2. The molecule has 112 valence electrons. The lowest BCUT2D eigenvalue weighted by atomic mass is 9.74. The fourth-order valence-corrected chi connectivity index (χ4v) is 2.41. The maximum Gasteiger partial charge on any atom is 0.331 e. The normalized spacial score (nSPS) is 11.8. The molecule has 4 heteroatoms. The predicted molar refractivity (Wildman–Crippen MR) is 81.1 cm³/mol. The van der Waals surface area contributed by atoms with Crippen molar-refractivity contribution >= 4 is 5.97 Å². The molecule has 0 fully saturated rings. The lowest BCUT2D eigenvalue weighted by Gasteiger charge is -2.30. The van der Waals surface area contributed by atoms with Crippen molar-refractivity contribution in [2.24, 2.45) is 0 Å². The van der Waals surface area contributed by atoms with E-state index in [1.807, 2.05) is 36.4 Å². The highest BCUT2D eigenvalue weighted by Gasteiger charge is 2.27. The summed E-state index contributed by atoms with van der Waals surface area (Å²) in [6.07, 6.45) is 3.66. The van der Waals surface area contributed by atoms with E-state index in [-0.39, 0.29) is 30.2 Å². The van der Waals surface area contributed by atoms with Gasteiger partial charge in [0.1, 0.15) is 0 Å². The van der Waals surface area contributed by atoms with Crippen LogP contribution in [0.2, 0.25) is 0 Å². The van der Waals surface area contributed by atoms with Gasteiger partial charge in [0.2, 0.25) is 0 Å². The van der Waals surface area contributed by atoms with E-state index in [1.165, 1.54) is 0 Å². The maximum atomic E-state index is 11.3. The molecule has 5 N–H and O–H groups in total. The monoisotopic (exact) mass is 279 g/mol. The molecule has 20 heavy (non-hydrogen) atoms. The summed E-state index contributed by atoms with van der Waals surface area (Å²) in [4.78, 5) is 11.3. The third-order valence-corrected chi connectivity index (χ3v) is 3.72. The van der Waals surface area contributed by atoms with Gasteiger partial charge in [-0.25, -0.2) is 4.79 Å². The Hall–Kier alpha value is -1.65. The molecule has 4 nitrogen and oxygen atoms in total. The van der Waals surface area contributed by atoms with E-state index >= 15 is 0 Å². The smallest absolute Gasteiger partial charge is 0.331 e. The van der Waals surface area contributed by atoms with Gasteiger partial charge in [0.15, 0.2) is 0 Å². The van der Waals surface area contributed by atoms with Crippen molar-refractivity contribution in [2.45, 2.75) is 38.5 Å². The second-order valence-electron chi connectivity index (χ2n) is 4.68. The lowest BCUT2D eigenvalue weighted by molar-refractivity contribution is -0.133. The number of carbonyl (C=O) groups is 1. The Morgan fingerprint density at radius 3 is 2.15 bits per heavy atom. The van der Waals surface area contributed by atoms with Crippen LogP contribution in [0.4, 0.5) is 0 Å². The molecule has 0 aromatic heterocycles. The molecule has 0 aliphatic heterocycles. The van der Waals surface area contributed by atoms with Crippen LogP contribution >= 0.6 is 0 Å². The van der Waals surface area contributed by atoms with Crippen LogP contribution in [0.25, 0.3) is 0 Å². The Morgan fingerprint density at radius 2 is 1.75 bits per heavy atom. The predicted octanol–water partition coefficient (Wildman–Crippen LogP) is 3.30. The van der Waals surface area contributed by atoms with Crippen molar-refractivity contribution < 1.29 is 15.0 Å². The summed E-state index contributed by atoms with van der Waals surface area (Å²) < 4.78 is 0. The van der Waals surface area contributed by atoms with Gasteiger partial charge in [0, 0.05) is 24.0 Å². The second-order valence-corrected chi connectivity index (χ2v) is 4.68. The van der Waals surface area contributed by atoms with Crippen molar-refractivity contribution in [3.63, 3.8) is 0 Å². The van der Waals surface area contributed by atoms with Crippen molar-refractivity contribution in [3.8, 4) is 0 Å². The zero-order valence-electron chi connectivity index (χ0n) is 12.3. The fraction of sp³-hybridized carbons (Fsp3) is 0.438. The molecule has 0 amide bonds. The fourth-order valence-electron chi connectivity index (χ4n) is 2.41. The number of hydrogen-bond donors (Lipinski definition) is 3. The molecule has 0 atom stereocenters. The Labute approximate surface area is 120 Å². The van der Waals surface area contributed by atoms with E-state index in [9.17, 15) is 9.90 Å². The topological polar surface area (TPSA) is 92.5 Å². The molecule has 0 saturated heterocycles. The van der Waals surface area contributed by atoms with Crippen molar-refractivity contribution in [2.75, 3.05) is 6.61 Å². The number of hydrogen-bond acceptors (Lipinski definition) is 3. The first-order valence-corrected chi connectivity index (χ1v) is 6.71. The molecular weight excluding hydrogens is 254 g/mol. The van der Waals surface area contributed by atoms with Gasteiger partial charge in [-0.2, -0.15) is 0 Å². The SMILES string of the molecule is CCC(C=C(CCO)C(=O)O)(CC)c1ccccc1.N. The van der Waals surface area contributed by atoms with Gasteiger partial charge in [-0.15, -0.1) is 0 Å². The van der Waals surface area contributed by atoms with E-state index in [2.05, 4.69) is 13.8 Å². The van der Waals surface area contributed by atoms with Crippen LogP contribution in [0.1, 0.15) is 38.7 Å². The molecule has 0 unspecified atom stereocenters. The van der Waals surface area contributed by atoms with Crippen LogP contribution in [0.15, 0.2) is 42.0 Å². The van der Waals surface area contributed by atoms with E-state index in [4.69, 9.17) is 5.11 Å². The Balaban J connectivity index is 0.00000361. The van der Waals surface area contributed by atoms with Gasteiger partial charge in [0.25, 0.3) is 0 Å². The third-order valence-electron chi connectivity index (χ3n) is 3.72. The number of carboxylic acid groups (broad SMARTS) is 1. The summed E-state index contributed by atoms with van der Waals surface area (Å²) in [7, 11) is 0. The summed E-state index contributed by atoms with van der Waals surface area (Å²) in [6, 6.07) is 9.95. The number of allylic oxidation sites excluding steroid dienone is 1. The van der Waals surface area contributed by atoms with Gasteiger partial charge in [-0.1, -0.05) is 50.3 Å². The minimum absolute atomic E-state index is 0. The largest absolute Gasteiger partial charge is 0.478 e. The van der Waals surface area contributed by atoms with Gasteiger partial charge >= 0.3 is 5.97 Å². The minimum Gasteiger partial charge on any atom is -0.478 e. The standard InChI is InChI=1S/C16H22O3.H3N/c1-3-16(4-2,14-8-6-5-7-9-14)12-13(10-11-17)15(18)19;/h5-9,12,17H,3-4,10-11H2,1-2H3,(H,18,19);1H3. The lowest BCUT2D eigenvalue weighted by Crippen LogP contribution is -2.23. The first kappa shape index (κ1) is 18.4. The molecule has 0 aliphatic rings. The number of aliphatic hydroxyl groups is 1. The van der Waals surface area contributed by atoms with E-state index in [1.54, 1.807) is 0 Å². The van der Waals surface area contributed by atoms with Gasteiger partial charge in [-0.3, -0.25) is 0 Å². The van der Waals surface area contributed by atoms with Crippen molar-refractivity contribution in [3.05, 3.63) is 47.5 Å². The van der Waals surface area contributed by atoms with Crippen LogP contribution in [0.3, 0.4) is 0 Å². The van der Waals surface area contributed by atoms with Crippen LogP contribution < -0.4 is 6.15 Å². The Kier molecular flexibility index (Phi) is 7.80. The number of benzene rings is 1. The first-order valence-electron chi connectivity index (χ1n) is 6.71. The minimum atomic E-state index is -0.948. The Morgan fingerprint density at radius 1 is 1.20 bits per heavy atom. The highest BCUT2D eigenvalue weighted by Crippen LogP contribution is 2.34. The van der Waals surface area contributed by atoms with E-state index in [0.29, 0.717) is 0 Å². The zero-order chi connectivity index (χ0) is 14.3. The van der Waals surface area contributed by atoms with Crippen molar-refractivity contribution in [1.29, 1.82) is 0 Å². The highest BCUT2D eigenvalue weighted by molar-refractivity contribution is 5.86. The molecule has 0 heterocycles. The molecule has 0 saturated carbocycles. The summed E-state index contributed by atoms with van der Waals surface area (Å²) in [5.74, 6) is -0.948. The van der Waals surface area contributed by atoms with Gasteiger partial charge < -0.3 is 16.4 Å². The number of aliphatic hydroxyl groups excluding tert-OH is 1.